The fourth-order valence-corrected chi connectivity index (χ4v) is 3.33. The molecule has 1 aliphatic rings. The standard InChI is InChI=1S/C18H25N3O2/c1-4-23-14-7-8-16-15(10-14)12(2)17(20-16)18(22)19-13-6-5-9-21(3)11-13/h7-8,10,13,20H,4-6,9,11H2,1-3H3,(H,19,22)/t13-/m1/s1. The molecule has 124 valence electrons. The molecule has 0 radical (unpaired) electrons. The van der Waals surface area contributed by atoms with Crippen LogP contribution >= 0.6 is 0 Å². The molecule has 1 aromatic carbocycles. The molecular formula is C18H25N3O2. The molecular weight excluding hydrogens is 290 g/mol. The molecule has 2 N–H and O–H groups in total. The summed E-state index contributed by atoms with van der Waals surface area (Å²) in [6.45, 7) is 6.61. The van der Waals surface area contributed by atoms with Gasteiger partial charge in [-0.2, -0.15) is 0 Å². The lowest BCUT2D eigenvalue weighted by Gasteiger charge is -2.30. The van der Waals surface area contributed by atoms with Crippen molar-refractivity contribution in [1.82, 2.24) is 15.2 Å². The number of aryl methyl sites for hydroxylation is 1. The number of piperidine rings is 1. The second-order valence-electron chi connectivity index (χ2n) is 6.34. The van der Waals surface area contributed by atoms with Gasteiger partial charge in [0.05, 0.1) is 6.61 Å². The van der Waals surface area contributed by atoms with Crippen LogP contribution in [0, 0.1) is 6.92 Å². The van der Waals surface area contributed by atoms with E-state index in [1.165, 1.54) is 0 Å². The minimum atomic E-state index is -0.0167. The van der Waals surface area contributed by atoms with Crippen LogP contribution in [-0.2, 0) is 0 Å². The fraction of sp³-hybridized carbons (Fsp3) is 0.500. The molecule has 0 unspecified atom stereocenters. The number of aromatic amines is 1. The molecule has 1 aliphatic heterocycles. The second-order valence-corrected chi connectivity index (χ2v) is 6.34. The van der Waals surface area contributed by atoms with Crippen LogP contribution in [0.5, 0.6) is 5.75 Å². The van der Waals surface area contributed by atoms with Crippen LogP contribution in [0.25, 0.3) is 10.9 Å². The number of benzene rings is 1. The number of hydrogen-bond donors (Lipinski definition) is 2. The van der Waals surface area contributed by atoms with Crippen LogP contribution in [0.4, 0.5) is 0 Å². The normalized spacial score (nSPS) is 19.0. The molecule has 0 bridgehead atoms. The average Bonchev–Trinajstić information content (AvgIpc) is 2.85. The Morgan fingerprint density at radius 2 is 2.30 bits per heavy atom. The summed E-state index contributed by atoms with van der Waals surface area (Å²) < 4.78 is 5.55. The molecule has 1 saturated heterocycles. The average molecular weight is 315 g/mol. The highest BCUT2D eigenvalue weighted by atomic mass is 16.5. The van der Waals surface area contributed by atoms with Gasteiger partial charge >= 0.3 is 0 Å². The predicted molar refractivity (Wildman–Crippen MR) is 92.2 cm³/mol. The van der Waals surface area contributed by atoms with Crippen LogP contribution in [0.3, 0.4) is 0 Å². The molecule has 0 saturated carbocycles. The van der Waals surface area contributed by atoms with Crippen LogP contribution in [0.2, 0.25) is 0 Å². The van der Waals surface area contributed by atoms with E-state index in [9.17, 15) is 4.79 Å². The Bertz CT molecular complexity index is 708. The van der Waals surface area contributed by atoms with E-state index in [0.717, 1.165) is 48.1 Å². The highest BCUT2D eigenvalue weighted by Crippen LogP contribution is 2.26. The highest BCUT2D eigenvalue weighted by Gasteiger charge is 2.22. The van der Waals surface area contributed by atoms with E-state index in [-0.39, 0.29) is 11.9 Å². The molecule has 2 aromatic rings. The Hall–Kier alpha value is -2.01. The lowest BCUT2D eigenvalue weighted by molar-refractivity contribution is 0.0907. The van der Waals surface area contributed by atoms with E-state index >= 15 is 0 Å². The zero-order valence-corrected chi connectivity index (χ0v) is 14.1. The Kier molecular flexibility index (Phi) is 4.57. The zero-order valence-electron chi connectivity index (χ0n) is 14.1. The van der Waals surface area contributed by atoms with Crippen molar-refractivity contribution in [1.29, 1.82) is 0 Å². The van der Waals surface area contributed by atoms with E-state index in [1.54, 1.807) is 0 Å². The molecule has 0 spiro atoms. The van der Waals surface area contributed by atoms with Gasteiger partial charge in [0.1, 0.15) is 11.4 Å². The topological polar surface area (TPSA) is 57.4 Å². The number of amides is 1. The van der Waals surface area contributed by atoms with Crippen molar-refractivity contribution in [2.45, 2.75) is 32.7 Å². The van der Waals surface area contributed by atoms with Crippen LogP contribution < -0.4 is 10.1 Å². The molecule has 1 atom stereocenters. The zero-order chi connectivity index (χ0) is 16.4. The largest absolute Gasteiger partial charge is 0.494 e. The number of likely N-dealkylation sites (tertiary alicyclic amines) is 1. The summed E-state index contributed by atoms with van der Waals surface area (Å²) in [5, 5.41) is 4.21. The van der Waals surface area contributed by atoms with Gasteiger partial charge in [0.25, 0.3) is 5.91 Å². The number of likely N-dealkylation sites (N-methyl/N-ethyl adjacent to an activating group) is 1. The Morgan fingerprint density at radius 1 is 1.48 bits per heavy atom. The predicted octanol–water partition coefficient (Wildman–Crippen LogP) is 2.70. The first kappa shape index (κ1) is 15.9. The van der Waals surface area contributed by atoms with Gasteiger partial charge in [-0.25, -0.2) is 0 Å². The molecule has 5 heteroatoms. The van der Waals surface area contributed by atoms with Crippen molar-refractivity contribution in [3.63, 3.8) is 0 Å². The quantitative estimate of drug-likeness (QED) is 0.912. The summed E-state index contributed by atoms with van der Waals surface area (Å²) in [5.41, 5.74) is 2.60. The molecule has 5 nitrogen and oxygen atoms in total. The molecule has 2 heterocycles. The first-order valence-electron chi connectivity index (χ1n) is 8.33. The number of ether oxygens (including phenoxy) is 1. The van der Waals surface area contributed by atoms with Gasteiger partial charge in [-0.05, 0) is 64.0 Å². The minimum absolute atomic E-state index is 0.0167. The number of nitrogens with zero attached hydrogens (tertiary/aromatic N) is 1. The van der Waals surface area contributed by atoms with Crippen LogP contribution in [0.15, 0.2) is 18.2 Å². The third-order valence-corrected chi connectivity index (χ3v) is 4.53. The lowest BCUT2D eigenvalue weighted by atomic mass is 10.1. The van der Waals surface area contributed by atoms with Gasteiger partial charge in [0, 0.05) is 23.5 Å². The summed E-state index contributed by atoms with van der Waals surface area (Å²) in [4.78, 5) is 18.1. The number of carbonyl (C=O) groups excluding carboxylic acids is 1. The second kappa shape index (κ2) is 6.62. The smallest absolute Gasteiger partial charge is 0.268 e. The van der Waals surface area contributed by atoms with Crippen molar-refractivity contribution in [2.24, 2.45) is 0 Å². The van der Waals surface area contributed by atoms with Gasteiger partial charge in [0.2, 0.25) is 0 Å². The minimum Gasteiger partial charge on any atom is -0.494 e. The van der Waals surface area contributed by atoms with Crippen LogP contribution in [-0.4, -0.2) is 48.6 Å². The van der Waals surface area contributed by atoms with Gasteiger partial charge < -0.3 is 19.9 Å². The first-order valence-corrected chi connectivity index (χ1v) is 8.33. The maximum Gasteiger partial charge on any atom is 0.268 e. The molecule has 0 aliphatic carbocycles. The summed E-state index contributed by atoms with van der Waals surface area (Å²) >= 11 is 0. The fourth-order valence-electron chi connectivity index (χ4n) is 3.33. The van der Waals surface area contributed by atoms with E-state index in [4.69, 9.17) is 4.74 Å². The highest BCUT2D eigenvalue weighted by molar-refractivity contribution is 6.01. The molecule has 23 heavy (non-hydrogen) atoms. The number of carbonyl (C=O) groups is 1. The van der Waals surface area contributed by atoms with E-state index in [2.05, 4.69) is 22.2 Å². The third kappa shape index (κ3) is 3.34. The number of aromatic nitrogens is 1. The van der Waals surface area contributed by atoms with Gasteiger partial charge in [-0.3, -0.25) is 4.79 Å². The molecule has 1 fully saturated rings. The van der Waals surface area contributed by atoms with E-state index < -0.39 is 0 Å². The van der Waals surface area contributed by atoms with Gasteiger partial charge in [0.15, 0.2) is 0 Å². The summed E-state index contributed by atoms with van der Waals surface area (Å²) in [7, 11) is 2.10. The van der Waals surface area contributed by atoms with Crippen molar-refractivity contribution in [3.8, 4) is 5.75 Å². The van der Waals surface area contributed by atoms with Gasteiger partial charge in [-0.15, -0.1) is 0 Å². The Balaban J connectivity index is 1.81. The number of hydrogen-bond acceptors (Lipinski definition) is 3. The van der Waals surface area contributed by atoms with Crippen LogP contribution in [0.1, 0.15) is 35.8 Å². The molecule has 1 aromatic heterocycles. The monoisotopic (exact) mass is 315 g/mol. The van der Waals surface area contributed by atoms with Gasteiger partial charge in [-0.1, -0.05) is 0 Å². The number of nitrogens with one attached hydrogen (secondary N) is 2. The van der Waals surface area contributed by atoms with Crippen molar-refractivity contribution >= 4 is 16.8 Å². The molecule has 1 amide bonds. The molecule has 3 rings (SSSR count). The summed E-state index contributed by atoms with van der Waals surface area (Å²) in [6.07, 6.45) is 2.18. The Morgan fingerprint density at radius 3 is 3.04 bits per heavy atom. The first-order chi connectivity index (χ1) is 11.1. The summed E-state index contributed by atoms with van der Waals surface area (Å²) in [5.74, 6) is 0.819. The third-order valence-electron chi connectivity index (χ3n) is 4.53. The lowest BCUT2D eigenvalue weighted by Crippen LogP contribution is -2.46. The SMILES string of the molecule is CCOc1ccc2[nH]c(C(=O)N[C@@H]3CCCN(C)C3)c(C)c2c1. The maximum atomic E-state index is 12.6. The number of rotatable bonds is 4. The maximum absolute atomic E-state index is 12.6. The summed E-state index contributed by atoms with van der Waals surface area (Å²) in [6, 6.07) is 6.12. The van der Waals surface area contributed by atoms with E-state index in [0.29, 0.717) is 12.3 Å². The van der Waals surface area contributed by atoms with Crippen molar-refractivity contribution in [2.75, 3.05) is 26.7 Å². The Labute approximate surface area is 137 Å². The number of fused-ring (bicyclic) bond motifs is 1. The van der Waals surface area contributed by atoms with Crippen molar-refractivity contribution in [3.05, 3.63) is 29.5 Å². The number of H-pyrrole nitrogens is 1. The van der Waals surface area contributed by atoms with Crippen molar-refractivity contribution < 1.29 is 9.53 Å². The van der Waals surface area contributed by atoms with E-state index in [1.807, 2.05) is 32.0 Å².